The molecule has 2 heteroatoms. The summed E-state index contributed by atoms with van der Waals surface area (Å²) in [5, 5.41) is 10.2. The zero-order valence-electron chi connectivity index (χ0n) is 19.3. The highest BCUT2D eigenvalue weighted by Gasteiger charge is 2.58. The fraction of sp³-hybridized carbons (Fsp3) is 0.923. The first-order valence-electron chi connectivity index (χ1n) is 12.6. The number of rotatable bonds is 5. The third-order valence-corrected chi connectivity index (χ3v) is 10.6. The van der Waals surface area contributed by atoms with Gasteiger partial charge in [0.2, 0.25) is 0 Å². The summed E-state index contributed by atoms with van der Waals surface area (Å²) in [6.45, 7) is 10.0. The molecule has 4 rings (SSSR count). The highest BCUT2D eigenvalue weighted by molar-refractivity contribution is 6.11. The Hall–Kier alpha value is -0.235. The first kappa shape index (κ1) is 21.0. The SMILES string of the molecule is B[C@H](CCC[C@H]1CC[C@H]2[C@@H]3CC=C4C[C@@H](O)CC[C@]4(C)[C@H]3CC[C@]12C)C(C)C. The predicted molar refractivity (Wildman–Crippen MR) is 122 cm³/mol. The molecule has 0 radical (unpaired) electrons. The Kier molecular flexibility index (Phi) is 5.84. The van der Waals surface area contributed by atoms with Gasteiger partial charge in [0.25, 0.3) is 0 Å². The van der Waals surface area contributed by atoms with Crippen LogP contribution in [0.2, 0.25) is 5.82 Å². The number of hydrogen-bond acceptors (Lipinski definition) is 1. The van der Waals surface area contributed by atoms with Gasteiger partial charge in [-0.2, -0.15) is 0 Å². The third kappa shape index (κ3) is 3.44. The van der Waals surface area contributed by atoms with Crippen molar-refractivity contribution < 1.29 is 5.11 Å². The summed E-state index contributed by atoms with van der Waals surface area (Å²) in [5.74, 6) is 5.45. The zero-order chi connectivity index (χ0) is 20.1. The molecule has 28 heavy (non-hydrogen) atoms. The monoisotopic (exact) mass is 384 g/mol. The van der Waals surface area contributed by atoms with E-state index < -0.39 is 0 Å². The third-order valence-electron chi connectivity index (χ3n) is 10.6. The van der Waals surface area contributed by atoms with Gasteiger partial charge in [-0.15, -0.1) is 0 Å². The van der Waals surface area contributed by atoms with Gasteiger partial charge in [0, 0.05) is 0 Å². The van der Waals surface area contributed by atoms with Crippen LogP contribution in [0.1, 0.15) is 98.3 Å². The minimum atomic E-state index is -0.0752. The molecular formula is C26H45BO. The first-order valence-corrected chi connectivity index (χ1v) is 12.6. The van der Waals surface area contributed by atoms with Gasteiger partial charge in [-0.1, -0.05) is 63.9 Å². The number of aliphatic hydroxyl groups excluding tert-OH is 1. The van der Waals surface area contributed by atoms with E-state index in [0.29, 0.717) is 10.8 Å². The molecule has 4 aliphatic rings. The van der Waals surface area contributed by atoms with Crippen LogP contribution in [-0.2, 0) is 0 Å². The molecule has 0 amide bonds. The minimum absolute atomic E-state index is 0.0752. The van der Waals surface area contributed by atoms with Crippen molar-refractivity contribution in [2.75, 3.05) is 0 Å². The van der Waals surface area contributed by atoms with Crippen molar-refractivity contribution in [3.63, 3.8) is 0 Å². The van der Waals surface area contributed by atoms with Crippen molar-refractivity contribution in [3.8, 4) is 0 Å². The molecule has 3 saturated carbocycles. The van der Waals surface area contributed by atoms with Crippen molar-refractivity contribution in [3.05, 3.63) is 11.6 Å². The topological polar surface area (TPSA) is 20.2 Å². The Labute approximate surface area is 175 Å². The summed E-state index contributed by atoms with van der Waals surface area (Å²) in [4.78, 5) is 0. The number of hydrogen-bond donors (Lipinski definition) is 1. The summed E-state index contributed by atoms with van der Waals surface area (Å²) < 4.78 is 0. The van der Waals surface area contributed by atoms with Gasteiger partial charge in [0.1, 0.15) is 7.85 Å². The van der Waals surface area contributed by atoms with Crippen LogP contribution >= 0.6 is 0 Å². The Morgan fingerprint density at radius 2 is 1.89 bits per heavy atom. The highest BCUT2D eigenvalue weighted by atomic mass is 16.3. The lowest BCUT2D eigenvalue weighted by Gasteiger charge is -2.58. The van der Waals surface area contributed by atoms with Gasteiger partial charge in [0.15, 0.2) is 0 Å². The number of allylic oxidation sites excluding steroid dienone is 1. The molecule has 1 N–H and O–H groups in total. The largest absolute Gasteiger partial charge is 0.393 e. The van der Waals surface area contributed by atoms with Gasteiger partial charge in [-0.25, -0.2) is 0 Å². The smallest absolute Gasteiger partial charge is 0.105 e. The molecule has 0 aromatic rings. The molecule has 1 nitrogen and oxygen atoms in total. The molecule has 0 unspecified atom stereocenters. The fourth-order valence-electron chi connectivity index (χ4n) is 8.24. The fourth-order valence-corrected chi connectivity index (χ4v) is 8.24. The van der Waals surface area contributed by atoms with Gasteiger partial charge in [-0.3, -0.25) is 0 Å². The molecule has 0 heterocycles. The Balaban J connectivity index is 1.45. The summed E-state index contributed by atoms with van der Waals surface area (Å²) in [6.07, 6.45) is 17.3. The average Bonchev–Trinajstić information content (AvgIpc) is 2.99. The summed E-state index contributed by atoms with van der Waals surface area (Å²) >= 11 is 0. The lowest BCUT2D eigenvalue weighted by molar-refractivity contribution is -0.0508. The zero-order valence-corrected chi connectivity index (χ0v) is 19.3. The van der Waals surface area contributed by atoms with Crippen LogP contribution in [0.5, 0.6) is 0 Å². The molecule has 0 bridgehead atoms. The van der Waals surface area contributed by atoms with Crippen LogP contribution in [0.15, 0.2) is 11.6 Å². The van der Waals surface area contributed by atoms with Crippen molar-refractivity contribution in [2.24, 2.45) is 40.4 Å². The Bertz CT molecular complexity index is 597. The van der Waals surface area contributed by atoms with E-state index in [2.05, 4.69) is 41.6 Å². The molecule has 3 fully saturated rings. The number of aliphatic hydroxyl groups is 1. The maximum Gasteiger partial charge on any atom is 0.105 e. The molecule has 0 aliphatic heterocycles. The molecule has 158 valence electrons. The van der Waals surface area contributed by atoms with Crippen molar-refractivity contribution in [1.29, 1.82) is 0 Å². The predicted octanol–water partition coefficient (Wildman–Crippen LogP) is 6.17. The average molecular weight is 384 g/mol. The van der Waals surface area contributed by atoms with E-state index >= 15 is 0 Å². The van der Waals surface area contributed by atoms with Gasteiger partial charge < -0.3 is 5.11 Å². The van der Waals surface area contributed by atoms with E-state index in [1.54, 1.807) is 5.57 Å². The molecule has 0 saturated heterocycles. The molecule has 0 aromatic heterocycles. The standard InChI is InChI=1S/C26H45BO/c1-17(2)24(27)7-5-6-18-9-11-22-21-10-8-19-16-20(28)12-14-26(19,4)23(21)13-15-25(18,22)3/h8,17-18,20-24,28H,5-7,9-16,27H2,1-4H3/t18-,20-,21-,22-,23-,24+,25+,26-/m0/s1. The lowest BCUT2D eigenvalue weighted by atomic mass is 9.47. The maximum absolute atomic E-state index is 10.2. The molecule has 4 aliphatic carbocycles. The quantitative estimate of drug-likeness (QED) is 0.444. The van der Waals surface area contributed by atoms with Crippen LogP contribution in [0.25, 0.3) is 0 Å². The lowest BCUT2D eigenvalue weighted by Crippen LogP contribution is -2.50. The van der Waals surface area contributed by atoms with Gasteiger partial charge in [-0.05, 0) is 92.3 Å². The molecule has 0 spiro atoms. The van der Waals surface area contributed by atoms with Crippen molar-refractivity contribution in [1.82, 2.24) is 0 Å². The molecule has 0 aromatic carbocycles. The van der Waals surface area contributed by atoms with Crippen molar-refractivity contribution in [2.45, 2.75) is 110 Å². The first-order chi connectivity index (χ1) is 13.3. The summed E-state index contributed by atoms with van der Waals surface area (Å²) in [6, 6.07) is 0. The maximum atomic E-state index is 10.2. The van der Waals surface area contributed by atoms with E-state index in [1.165, 1.54) is 57.8 Å². The van der Waals surface area contributed by atoms with Crippen LogP contribution in [0.3, 0.4) is 0 Å². The van der Waals surface area contributed by atoms with E-state index in [9.17, 15) is 5.11 Å². The van der Waals surface area contributed by atoms with Crippen LogP contribution in [-0.4, -0.2) is 19.1 Å². The minimum Gasteiger partial charge on any atom is -0.393 e. The van der Waals surface area contributed by atoms with Crippen LogP contribution in [0, 0.1) is 40.4 Å². The van der Waals surface area contributed by atoms with E-state index in [1.807, 2.05) is 0 Å². The van der Waals surface area contributed by atoms with E-state index in [4.69, 9.17) is 0 Å². The normalized spacial score (nSPS) is 46.5. The highest BCUT2D eigenvalue weighted by Crippen LogP contribution is 2.66. The van der Waals surface area contributed by atoms with Crippen molar-refractivity contribution >= 4 is 7.85 Å². The second-order valence-corrected chi connectivity index (χ2v) is 12.1. The second kappa shape index (κ2) is 7.79. The molecule has 8 atom stereocenters. The summed E-state index contributed by atoms with van der Waals surface area (Å²) in [7, 11) is 2.45. The second-order valence-electron chi connectivity index (χ2n) is 12.1. The summed E-state index contributed by atoms with van der Waals surface area (Å²) in [5.41, 5.74) is 2.63. The van der Waals surface area contributed by atoms with E-state index in [0.717, 1.165) is 48.2 Å². The Morgan fingerprint density at radius 1 is 1.11 bits per heavy atom. The van der Waals surface area contributed by atoms with E-state index in [-0.39, 0.29) is 6.10 Å². The van der Waals surface area contributed by atoms with Crippen LogP contribution < -0.4 is 0 Å². The van der Waals surface area contributed by atoms with Gasteiger partial charge in [0.05, 0.1) is 6.10 Å². The molecular weight excluding hydrogens is 339 g/mol. The van der Waals surface area contributed by atoms with Crippen LogP contribution in [0.4, 0.5) is 0 Å². The Morgan fingerprint density at radius 3 is 2.64 bits per heavy atom. The van der Waals surface area contributed by atoms with Gasteiger partial charge >= 0.3 is 0 Å². The number of fused-ring (bicyclic) bond motifs is 5.